The molecule has 0 saturated carbocycles. The van der Waals surface area contributed by atoms with Crippen LogP contribution in [0.5, 0.6) is 0 Å². The summed E-state index contributed by atoms with van der Waals surface area (Å²) < 4.78 is 1.73. The Balaban J connectivity index is 1.41. The van der Waals surface area contributed by atoms with Gasteiger partial charge in [0.05, 0.1) is 22.5 Å². The van der Waals surface area contributed by atoms with Crippen molar-refractivity contribution in [3.63, 3.8) is 0 Å². The lowest BCUT2D eigenvalue weighted by Crippen LogP contribution is -2.37. The van der Waals surface area contributed by atoms with E-state index in [1.165, 1.54) is 0 Å². The van der Waals surface area contributed by atoms with Crippen molar-refractivity contribution in [2.45, 2.75) is 18.4 Å². The molecule has 0 fully saturated rings. The smallest absolute Gasteiger partial charge is 0.262 e. The van der Waals surface area contributed by atoms with Crippen LogP contribution in [-0.4, -0.2) is 38.9 Å². The van der Waals surface area contributed by atoms with Crippen molar-refractivity contribution in [3.05, 3.63) is 76.5 Å². The van der Waals surface area contributed by atoms with Crippen LogP contribution in [0.1, 0.15) is 37.5 Å². The predicted molar refractivity (Wildman–Crippen MR) is 114 cm³/mol. The molecule has 150 valence electrons. The van der Waals surface area contributed by atoms with Crippen LogP contribution in [-0.2, 0) is 16.3 Å². The Morgan fingerprint density at radius 2 is 1.70 bits per heavy atom. The van der Waals surface area contributed by atoms with E-state index in [-0.39, 0.29) is 6.54 Å². The molecule has 30 heavy (non-hydrogen) atoms. The fourth-order valence-corrected chi connectivity index (χ4v) is 4.75. The number of hydrogen-bond acceptors (Lipinski definition) is 5. The van der Waals surface area contributed by atoms with Gasteiger partial charge in [-0.2, -0.15) is 16.9 Å². The topological polar surface area (TPSA) is 84.3 Å². The maximum Gasteiger partial charge on any atom is 0.262 e. The van der Waals surface area contributed by atoms with E-state index in [4.69, 9.17) is 0 Å². The fraction of sp³-hybridized carbons (Fsp3) is 0.182. The van der Waals surface area contributed by atoms with Crippen molar-refractivity contribution < 1.29 is 14.4 Å². The number of hydrogen-bond donors (Lipinski definition) is 1. The summed E-state index contributed by atoms with van der Waals surface area (Å²) in [5, 5.41) is 7.57. The van der Waals surface area contributed by atoms with Gasteiger partial charge in [-0.05, 0) is 31.2 Å². The minimum absolute atomic E-state index is 0.331. The van der Waals surface area contributed by atoms with Crippen LogP contribution in [0, 0.1) is 6.92 Å². The summed E-state index contributed by atoms with van der Waals surface area (Å²) in [6, 6.07) is 14.5. The lowest BCUT2D eigenvalue weighted by molar-refractivity contribution is -0.116. The van der Waals surface area contributed by atoms with E-state index in [1.807, 2.05) is 31.2 Å². The van der Waals surface area contributed by atoms with Gasteiger partial charge in [-0.3, -0.25) is 19.3 Å². The summed E-state index contributed by atoms with van der Waals surface area (Å²) in [6.07, 6.45) is 0. The van der Waals surface area contributed by atoms with Gasteiger partial charge in [-0.25, -0.2) is 4.68 Å². The van der Waals surface area contributed by atoms with Gasteiger partial charge < -0.3 is 5.32 Å². The highest BCUT2D eigenvalue weighted by atomic mass is 32.2. The first-order valence-corrected chi connectivity index (χ1v) is 10.7. The van der Waals surface area contributed by atoms with Gasteiger partial charge in [0.15, 0.2) is 0 Å². The number of amides is 3. The number of carbonyl (C=O) groups is 3. The van der Waals surface area contributed by atoms with E-state index in [0.29, 0.717) is 16.9 Å². The molecule has 2 aromatic carbocycles. The molecule has 8 heteroatoms. The molecule has 0 bridgehead atoms. The van der Waals surface area contributed by atoms with Gasteiger partial charge in [-0.15, -0.1) is 0 Å². The number of nitrogens with one attached hydrogen (secondary N) is 1. The molecule has 5 rings (SSSR count). The SMILES string of the molecule is Cc1ccc(-n2nc3c(c2NC(=O)CN2C(=O)c4ccccc4C2=O)CSC3)cc1. The van der Waals surface area contributed by atoms with Gasteiger partial charge >= 0.3 is 0 Å². The number of thioether (sulfide) groups is 1. The molecule has 0 radical (unpaired) electrons. The standard InChI is InChI=1S/C22H18N4O3S/c1-13-6-8-14(9-7-13)26-20(17-11-30-12-18(17)24-26)23-19(27)10-25-21(28)15-4-2-3-5-16(15)22(25)29/h2-9H,10-12H2,1H3,(H,23,27). The highest BCUT2D eigenvalue weighted by Crippen LogP contribution is 2.36. The van der Waals surface area contributed by atoms with E-state index >= 15 is 0 Å². The molecule has 2 aliphatic rings. The fourth-order valence-electron chi connectivity index (χ4n) is 3.71. The van der Waals surface area contributed by atoms with Crippen LogP contribution in [0.3, 0.4) is 0 Å². The highest BCUT2D eigenvalue weighted by molar-refractivity contribution is 7.98. The monoisotopic (exact) mass is 418 g/mol. The van der Waals surface area contributed by atoms with Crippen LogP contribution in [0.2, 0.25) is 0 Å². The van der Waals surface area contributed by atoms with Gasteiger partial charge in [-0.1, -0.05) is 29.8 Å². The van der Waals surface area contributed by atoms with Crippen LogP contribution in [0.4, 0.5) is 5.82 Å². The van der Waals surface area contributed by atoms with E-state index in [0.717, 1.165) is 38.9 Å². The predicted octanol–water partition coefficient (Wildman–Crippen LogP) is 3.16. The lowest BCUT2D eigenvalue weighted by Gasteiger charge is -2.15. The average Bonchev–Trinajstić information content (AvgIpc) is 3.40. The third-order valence-corrected chi connectivity index (χ3v) is 6.24. The first kappa shape index (κ1) is 18.6. The number of rotatable bonds is 4. The maximum absolute atomic E-state index is 12.8. The van der Waals surface area contributed by atoms with E-state index in [9.17, 15) is 14.4 Å². The highest BCUT2D eigenvalue weighted by Gasteiger charge is 2.36. The molecule has 3 heterocycles. The molecular formula is C22H18N4O3S. The average molecular weight is 418 g/mol. The third kappa shape index (κ3) is 3.00. The van der Waals surface area contributed by atoms with Crippen molar-refractivity contribution in [1.29, 1.82) is 0 Å². The first-order chi connectivity index (χ1) is 14.5. The molecule has 0 saturated heterocycles. The van der Waals surface area contributed by atoms with Gasteiger partial charge in [0.25, 0.3) is 11.8 Å². The first-order valence-electron chi connectivity index (χ1n) is 9.53. The summed E-state index contributed by atoms with van der Waals surface area (Å²) in [6.45, 7) is 1.67. The molecule has 0 aliphatic carbocycles. The number of anilines is 1. The molecule has 3 aromatic rings. The molecule has 0 unspecified atom stereocenters. The minimum Gasteiger partial charge on any atom is -0.309 e. The zero-order valence-electron chi connectivity index (χ0n) is 16.2. The molecule has 0 atom stereocenters. The van der Waals surface area contributed by atoms with Gasteiger partial charge in [0, 0.05) is 17.1 Å². The van der Waals surface area contributed by atoms with Gasteiger partial charge in [0.2, 0.25) is 5.91 Å². The third-order valence-electron chi connectivity index (χ3n) is 5.27. The zero-order valence-corrected chi connectivity index (χ0v) is 17.0. The van der Waals surface area contributed by atoms with E-state index in [1.54, 1.807) is 40.7 Å². The number of aromatic nitrogens is 2. The van der Waals surface area contributed by atoms with Crippen LogP contribution in [0.25, 0.3) is 5.69 Å². The second-order valence-electron chi connectivity index (χ2n) is 7.30. The summed E-state index contributed by atoms with van der Waals surface area (Å²) in [5.41, 5.74) is 4.56. The normalized spacial score (nSPS) is 14.8. The number of benzene rings is 2. The second-order valence-corrected chi connectivity index (χ2v) is 8.29. The largest absolute Gasteiger partial charge is 0.309 e. The van der Waals surface area contributed by atoms with Crippen LogP contribution < -0.4 is 5.32 Å². The summed E-state index contributed by atoms with van der Waals surface area (Å²) in [5.74, 6) is 0.814. The number of fused-ring (bicyclic) bond motifs is 2. The van der Waals surface area contributed by atoms with Crippen molar-refractivity contribution in [2.24, 2.45) is 0 Å². The Kier molecular flexibility index (Phi) is 4.43. The number of imide groups is 1. The van der Waals surface area contributed by atoms with Crippen molar-refractivity contribution in [1.82, 2.24) is 14.7 Å². The molecule has 3 amide bonds. The lowest BCUT2D eigenvalue weighted by atomic mass is 10.1. The zero-order chi connectivity index (χ0) is 20.8. The molecule has 2 aliphatic heterocycles. The quantitative estimate of drug-likeness (QED) is 0.658. The molecule has 1 N–H and O–H groups in total. The summed E-state index contributed by atoms with van der Waals surface area (Å²) >= 11 is 1.74. The summed E-state index contributed by atoms with van der Waals surface area (Å²) in [7, 11) is 0. The minimum atomic E-state index is -0.446. The Labute approximate surface area is 177 Å². The number of aryl methyl sites for hydroxylation is 1. The van der Waals surface area contributed by atoms with Gasteiger partial charge in [0.1, 0.15) is 12.4 Å². The maximum atomic E-state index is 12.8. The molecule has 7 nitrogen and oxygen atoms in total. The Bertz CT molecular complexity index is 1160. The number of carbonyl (C=O) groups excluding carboxylic acids is 3. The molecular weight excluding hydrogens is 400 g/mol. The second kappa shape index (κ2) is 7.14. The number of nitrogens with zero attached hydrogens (tertiary/aromatic N) is 3. The molecule has 0 spiro atoms. The Morgan fingerprint density at radius 3 is 2.37 bits per heavy atom. The van der Waals surface area contributed by atoms with Crippen molar-refractivity contribution in [2.75, 3.05) is 11.9 Å². The molecule has 1 aromatic heterocycles. The van der Waals surface area contributed by atoms with E-state index < -0.39 is 17.7 Å². The van der Waals surface area contributed by atoms with Crippen molar-refractivity contribution >= 4 is 35.3 Å². The Hall–Kier alpha value is -3.39. The van der Waals surface area contributed by atoms with E-state index in [2.05, 4.69) is 10.4 Å². The van der Waals surface area contributed by atoms with Crippen LogP contribution >= 0.6 is 11.8 Å². The summed E-state index contributed by atoms with van der Waals surface area (Å²) in [4.78, 5) is 38.9. The van der Waals surface area contributed by atoms with Crippen LogP contribution in [0.15, 0.2) is 48.5 Å². The Morgan fingerprint density at radius 1 is 1.03 bits per heavy atom. The van der Waals surface area contributed by atoms with Crippen molar-refractivity contribution in [3.8, 4) is 5.69 Å².